The number of esters is 1. The molecule has 130 valence electrons. The van der Waals surface area contributed by atoms with Crippen LogP contribution in [0.15, 0.2) is 10.5 Å². The van der Waals surface area contributed by atoms with Crippen molar-refractivity contribution in [2.24, 2.45) is 7.05 Å². The highest BCUT2D eigenvalue weighted by Crippen LogP contribution is 2.25. The summed E-state index contributed by atoms with van der Waals surface area (Å²) in [6, 6.07) is 1.92. The summed E-state index contributed by atoms with van der Waals surface area (Å²) in [5.74, 6) is 2.22. The second-order valence-corrected chi connectivity index (χ2v) is 6.75. The number of hydrogen-bond donors (Lipinski definition) is 0. The fraction of sp³-hybridized carbons (Fsp3) is 0.556. The lowest BCUT2D eigenvalue weighted by molar-refractivity contribution is 0.0559. The van der Waals surface area contributed by atoms with Crippen molar-refractivity contribution in [3.8, 4) is 0 Å². The van der Waals surface area contributed by atoms with Gasteiger partial charge in [-0.2, -0.15) is 0 Å². The van der Waals surface area contributed by atoms with E-state index < -0.39 is 5.97 Å². The summed E-state index contributed by atoms with van der Waals surface area (Å²) in [6.45, 7) is 8.64. The summed E-state index contributed by atoms with van der Waals surface area (Å²) in [4.78, 5) is 18.8. The van der Waals surface area contributed by atoms with Gasteiger partial charge in [0.05, 0.1) is 19.3 Å². The molecule has 0 aliphatic carbocycles. The van der Waals surface area contributed by atoms with Crippen molar-refractivity contribution < 1.29 is 13.9 Å². The van der Waals surface area contributed by atoms with Gasteiger partial charge in [0.1, 0.15) is 11.6 Å². The van der Waals surface area contributed by atoms with E-state index in [1.807, 2.05) is 13.0 Å². The van der Waals surface area contributed by atoms with Crippen LogP contribution < -0.4 is 0 Å². The average Bonchev–Trinajstić information content (AvgIpc) is 3.07. The Kier molecular flexibility index (Phi) is 4.49. The Morgan fingerprint density at radius 3 is 2.88 bits per heavy atom. The maximum Gasteiger partial charge on any atom is 0.374 e. The van der Waals surface area contributed by atoms with Gasteiger partial charge in [-0.1, -0.05) is 13.8 Å². The monoisotopic (exact) mass is 331 g/mol. The predicted molar refractivity (Wildman–Crippen MR) is 89.9 cm³/mol. The van der Waals surface area contributed by atoms with Crippen LogP contribution >= 0.6 is 0 Å². The minimum Gasteiger partial charge on any atom is -0.463 e. The number of rotatable bonds is 4. The average molecular weight is 331 g/mol. The quantitative estimate of drug-likeness (QED) is 0.806. The van der Waals surface area contributed by atoms with E-state index in [9.17, 15) is 4.79 Å². The summed E-state index contributed by atoms with van der Waals surface area (Å²) in [5, 5.41) is 0. The molecule has 0 bridgehead atoms. The molecule has 0 radical (unpaired) electrons. The van der Waals surface area contributed by atoms with Crippen LogP contribution in [0.1, 0.15) is 58.9 Å². The molecule has 0 aromatic carbocycles. The molecule has 1 aliphatic heterocycles. The van der Waals surface area contributed by atoms with E-state index in [-0.39, 0.29) is 0 Å². The van der Waals surface area contributed by atoms with Crippen LogP contribution in [0, 0.1) is 6.92 Å². The molecule has 24 heavy (non-hydrogen) atoms. The standard InChI is InChI=1S/C18H25N3O3/c1-11(2)17-19-14-10-21(7-6-15(14)20(17)4)9-13-8-12(3)16(24-13)18(22)23-5/h8,11H,6-7,9-10H2,1-5H3. The topological polar surface area (TPSA) is 60.5 Å². The van der Waals surface area contributed by atoms with Crippen LogP contribution in [0.25, 0.3) is 0 Å². The number of carbonyl (C=O) groups is 1. The molecule has 6 heteroatoms. The smallest absolute Gasteiger partial charge is 0.374 e. The maximum atomic E-state index is 11.7. The number of hydrogen-bond acceptors (Lipinski definition) is 5. The number of aryl methyl sites for hydroxylation is 1. The Bertz CT molecular complexity index is 758. The molecule has 2 aromatic heterocycles. The van der Waals surface area contributed by atoms with Gasteiger partial charge < -0.3 is 13.7 Å². The Morgan fingerprint density at radius 2 is 2.21 bits per heavy atom. The van der Waals surface area contributed by atoms with E-state index in [0.29, 0.717) is 18.2 Å². The predicted octanol–water partition coefficient (Wildman–Crippen LogP) is 2.79. The molecule has 2 aromatic rings. The van der Waals surface area contributed by atoms with Gasteiger partial charge in [0.15, 0.2) is 0 Å². The molecule has 0 spiro atoms. The van der Waals surface area contributed by atoms with Crippen molar-refractivity contribution in [2.75, 3.05) is 13.7 Å². The zero-order valence-corrected chi connectivity index (χ0v) is 15.0. The molecule has 1 aliphatic rings. The van der Waals surface area contributed by atoms with Crippen molar-refractivity contribution in [2.45, 2.75) is 46.2 Å². The van der Waals surface area contributed by atoms with Gasteiger partial charge in [0.2, 0.25) is 5.76 Å². The lowest BCUT2D eigenvalue weighted by Crippen LogP contribution is -2.30. The molecular weight excluding hydrogens is 306 g/mol. The summed E-state index contributed by atoms with van der Waals surface area (Å²) in [6.07, 6.45) is 0.981. The van der Waals surface area contributed by atoms with Gasteiger partial charge in [-0.25, -0.2) is 9.78 Å². The maximum absolute atomic E-state index is 11.7. The van der Waals surface area contributed by atoms with E-state index >= 15 is 0 Å². The first-order chi connectivity index (χ1) is 11.4. The summed E-state index contributed by atoms with van der Waals surface area (Å²) >= 11 is 0. The van der Waals surface area contributed by atoms with E-state index in [4.69, 9.17) is 14.1 Å². The number of furan rings is 1. The molecule has 0 amide bonds. The van der Waals surface area contributed by atoms with Gasteiger partial charge in [-0.15, -0.1) is 0 Å². The van der Waals surface area contributed by atoms with Crippen LogP contribution in [0.4, 0.5) is 0 Å². The minimum atomic E-state index is -0.425. The second-order valence-electron chi connectivity index (χ2n) is 6.75. The Hall–Kier alpha value is -2.08. The molecule has 0 unspecified atom stereocenters. The van der Waals surface area contributed by atoms with Crippen molar-refractivity contribution in [1.82, 2.24) is 14.5 Å². The highest BCUT2D eigenvalue weighted by molar-refractivity contribution is 5.87. The lowest BCUT2D eigenvalue weighted by Gasteiger charge is -2.25. The normalized spacial score (nSPS) is 14.9. The second kappa shape index (κ2) is 6.43. The molecule has 0 saturated carbocycles. The zero-order valence-electron chi connectivity index (χ0n) is 15.0. The fourth-order valence-corrected chi connectivity index (χ4v) is 3.40. The van der Waals surface area contributed by atoms with E-state index in [2.05, 4.69) is 30.4 Å². The summed E-state index contributed by atoms with van der Waals surface area (Å²) < 4.78 is 12.7. The highest BCUT2D eigenvalue weighted by Gasteiger charge is 2.25. The number of imidazole rings is 1. The third kappa shape index (κ3) is 2.98. The summed E-state index contributed by atoms with van der Waals surface area (Å²) in [5.41, 5.74) is 3.30. The van der Waals surface area contributed by atoms with Crippen LogP contribution in [-0.4, -0.2) is 34.1 Å². The molecular formula is C18H25N3O3. The SMILES string of the molecule is COC(=O)c1oc(CN2CCc3c(nc(C(C)C)n3C)C2)cc1C. The number of aromatic nitrogens is 2. The van der Waals surface area contributed by atoms with Crippen molar-refractivity contribution in [3.63, 3.8) is 0 Å². The van der Waals surface area contributed by atoms with Gasteiger partial charge in [-0.05, 0) is 13.0 Å². The summed E-state index contributed by atoms with van der Waals surface area (Å²) in [7, 11) is 3.47. The number of methoxy groups -OCH3 is 1. The number of fused-ring (bicyclic) bond motifs is 1. The Morgan fingerprint density at radius 1 is 1.46 bits per heavy atom. The lowest BCUT2D eigenvalue weighted by atomic mass is 10.1. The Balaban J connectivity index is 1.75. The first-order valence-electron chi connectivity index (χ1n) is 8.35. The van der Waals surface area contributed by atoms with Crippen LogP contribution in [0.3, 0.4) is 0 Å². The molecule has 0 atom stereocenters. The molecule has 3 rings (SSSR count). The van der Waals surface area contributed by atoms with Gasteiger partial charge >= 0.3 is 5.97 Å². The third-order valence-electron chi connectivity index (χ3n) is 4.60. The molecule has 0 fully saturated rings. The van der Waals surface area contributed by atoms with Crippen LogP contribution in [-0.2, 0) is 31.3 Å². The van der Waals surface area contributed by atoms with Crippen LogP contribution in [0.5, 0.6) is 0 Å². The number of nitrogens with zero attached hydrogens (tertiary/aromatic N) is 3. The first-order valence-corrected chi connectivity index (χ1v) is 8.35. The van der Waals surface area contributed by atoms with E-state index in [1.165, 1.54) is 12.8 Å². The Labute approximate surface area is 142 Å². The van der Waals surface area contributed by atoms with Crippen molar-refractivity contribution >= 4 is 5.97 Å². The first kappa shape index (κ1) is 16.8. The molecule has 3 heterocycles. The zero-order chi connectivity index (χ0) is 17.4. The van der Waals surface area contributed by atoms with Gasteiger partial charge in [0, 0.05) is 43.7 Å². The number of carbonyl (C=O) groups excluding carboxylic acids is 1. The molecule has 6 nitrogen and oxygen atoms in total. The minimum absolute atomic E-state index is 0.296. The molecule has 0 saturated heterocycles. The highest BCUT2D eigenvalue weighted by atomic mass is 16.5. The van der Waals surface area contributed by atoms with Gasteiger partial charge in [-0.3, -0.25) is 4.90 Å². The van der Waals surface area contributed by atoms with Crippen molar-refractivity contribution in [1.29, 1.82) is 0 Å². The van der Waals surface area contributed by atoms with Crippen molar-refractivity contribution in [3.05, 3.63) is 40.4 Å². The largest absolute Gasteiger partial charge is 0.463 e. The third-order valence-corrected chi connectivity index (χ3v) is 4.60. The molecule has 0 N–H and O–H groups in total. The van der Waals surface area contributed by atoms with E-state index in [0.717, 1.165) is 42.4 Å². The number of ether oxygens (including phenoxy) is 1. The van der Waals surface area contributed by atoms with Crippen LogP contribution in [0.2, 0.25) is 0 Å². The van der Waals surface area contributed by atoms with E-state index in [1.54, 1.807) is 0 Å². The fourth-order valence-electron chi connectivity index (χ4n) is 3.40. The van der Waals surface area contributed by atoms with Gasteiger partial charge in [0.25, 0.3) is 0 Å².